The lowest BCUT2D eigenvalue weighted by atomic mass is 9.97. The zero-order valence-electron chi connectivity index (χ0n) is 12.6. The smallest absolute Gasteiger partial charge is 0.221 e. The summed E-state index contributed by atoms with van der Waals surface area (Å²) in [5, 5.41) is 3.49. The summed E-state index contributed by atoms with van der Waals surface area (Å²) in [6.45, 7) is 3.05. The van der Waals surface area contributed by atoms with Crippen molar-refractivity contribution in [1.29, 1.82) is 0 Å². The molecule has 1 aliphatic heterocycles. The molecule has 1 aromatic carbocycles. The molecule has 21 heavy (non-hydrogen) atoms. The highest BCUT2D eigenvalue weighted by molar-refractivity contribution is 6.32. The summed E-state index contributed by atoms with van der Waals surface area (Å²) in [7, 11) is 3.63. The molecule has 2 rings (SSSR count). The Morgan fingerprint density at radius 3 is 2.81 bits per heavy atom. The third-order valence-corrected chi connectivity index (χ3v) is 4.31. The Morgan fingerprint density at radius 1 is 1.57 bits per heavy atom. The predicted molar refractivity (Wildman–Crippen MR) is 84.8 cm³/mol. The third-order valence-electron chi connectivity index (χ3n) is 3.98. The topological polar surface area (TPSA) is 67.6 Å². The number of halogens is 1. The Balaban J connectivity index is 2.48. The highest BCUT2D eigenvalue weighted by atomic mass is 35.5. The SMILES string of the molecule is COc1ccc(Cl)c(C2CC(CN)CN2C)c1NC(C)=O. The van der Waals surface area contributed by atoms with E-state index in [1.807, 2.05) is 13.1 Å². The number of nitrogens with zero attached hydrogens (tertiary/aromatic N) is 1. The van der Waals surface area contributed by atoms with Gasteiger partial charge >= 0.3 is 0 Å². The third kappa shape index (κ3) is 3.31. The van der Waals surface area contributed by atoms with Crippen molar-refractivity contribution in [1.82, 2.24) is 4.90 Å². The van der Waals surface area contributed by atoms with Crippen molar-refractivity contribution in [3.8, 4) is 5.75 Å². The van der Waals surface area contributed by atoms with E-state index in [0.29, 0.717) is 28.9 Å². The zero-order valence-corrected chi connectivity index (χ0v) is 13.4. The number of benzene rings is 1. The fourth-order valence-corrected chi connectivity index (χ4v) is 3.27. The summed E-state index contributed by atoms with van der Waals surface area (Å²) in [5.74, 6) is 0.912. The van der Waals surface area contributed by atoms with Crippen LogP contribution in [0.3, 0.4) is 0 Å². The number of methoxy groups -OCH3 is 1. The molecule has 1 heterocycles. The molecule has 0 saturated carbocycles. The molecule has 1 amide bonds. The van der Waals surface area contributed by atoms with Gasteiger partial charge in [0.2, 0.25) is 5.91 Å². The Kier molecular flexibility index (Phi) is 5.08. The van der Waals surface area contributed by atoms with Gasteiger partial charge in [0, 0.05) is 30.1 Å². The molecule has 3 N–H and O–H groups in total. The van der Waals surface area contributed by atoms with Crippen molar-refractivity contribution in [3.63, 3.8) is 0 Å². The maximum Gasteiger partial charge on any atom is 0.221 e. The van der Waals surface area contributed by atoms with E-state index in [1.165, 1.54) is 6.92 Å². The summed E-state index contributed by atoms with van der Waals surface area (Å²) in [6, 6.07) is 3.71. The normalized spacial score (nSPS) is 22.3. The number of hydrogen-bond donors (Lipinski definition) is 2. The van der Waals surface area contributed by atoms with Crippen molar-refractivity contribution in [2.75, 3.05) is 32.6 Å². The van der Waals surface area contributed by atoms with Gasteiger partial charge in [-0.05, 0) is 38.1 Å². The Labute approximate surface area is 130 Å². The van der Waals surface area contributed by atoms with Crippen LogP contribution in [0.25, 0.3) is 0 Å². The number of nitrogens with two attached hydrogens (primary N) is 1. The first-order chi connectivity index (χ1) is 9.97. The van der Waals surface area contributed by atoms with Gasteiger partial charge < -0.3 is 15.8 Å². The van der Waals surface area contributed by atoms with Crippen molar-refractivity contribution in [2.45, 2.75) is 19.4 Å². The van der Waals surface area contributed by atoms with Crippen LogP contribution in [-0.4, -0.2) is 38.1 Å². The fraction of sp³-hybridized carbons (Fsp3) is 0.533. The number of carbonyl (C=O) groups is 1. The summed E-state index contributed by atoms with van der Waals surface area (Å²) in [6.07, 6.45) is 0.923. The standard InChI is InChI=1S/C15H22ClN3O2/c1-9(20)18-15-13(21-3)5-4-11(16)14(15)12-6-10(7-17)8-19(12)2/h4-5,10,12H,6-8,17H2,1-3H3,(H,18,20). The van der Waals surface area contributed by atoms with E-state index in [-0.39, 0.29) is 11.9 Å². The number of amides is 1. The van der Waals surface area contributed by atoms with E-state index in [0.717, 1.165) is 18.5 Å². The molecule has 1 saturated heterocycles. The molecule has 1 fully saturated rings. The maximum absolute atomic E-state index is 11.5. The molecule has 0 aliphatic carbocycles. The van der Waals surface area contributed by atoms with E-state index in [9.17, 15) is 4.79 Å². The number of nitrogens with one attached hydrogen (secondary N) is 1. The molecule has 0 bridgehead atoms. The number of rotatable bonds is 4. The fourth-order valence-electron chi connectivity index (χ4n) is 2.99. The average molecular weight is 312 g/mol. The van der Waals surface area contributed by atoms with Crippen molar-refractivity contribution in [2.24, 2.45) is 11.7 Å². The summed E-state index contributed by atoms with van der Waals surface area (Å²) in [5.41, 5.74) is 7.36. The van der Waals surface area contributed by atoms with Gasteiger partial charge in [0.1, 0.15) is 5.75 Å². The van der Waals surface area contributed by atoms with Crippen LogP contribution < -0.4 is 15.8 Å². The number of anilines is 1. The van der Waals surface area contributed by atoms with Gasteiger partial charge in [-0.2, -0.15) is 0 Å². The molecular formula is C15H22ClN3O2. The van der Waals surface area contributed by atoms with Crippen LogP contribution >= 0.6 is 11.6 Å². The monoisotopic (exact) mass is 311 g/mol. The van der Waals surface area contributed by atoms with Crippen LogP contribution in [0.2, 0.25) is 5.02 Å². The molecule has 1 aliphatic rings. The lowest BCUT2D eigenvalue weighted by Gasteiger charge is -2.25. The Hall–Kier alpha value is -1.30. The van der Waals surface area contributed by atoms with E-state index in [1.54, 1.807) is 13.2 Å². The number of likely N-dealkylation sites (tertiary alicyclic amines) is 1. The number of hydrogen-bond acceptors (Lipinski definition) is 4. The zero-order chi connectivity index (χ0) is 15.6. The van der Waals surface area contributed by atoms with Gasteiger partial charge in [0.25, 0.3) is 0 Å². The molecule has 0 spiro atoms. The highest BCUT2D eigenvalue weighted by Crippen LogP contribution is 2.44. The van der Waals surface area contributed by atoms with E-state index in [4.69, 9.17) is 22.1 Å². The first-order valence-corrected chi connectivity index (χ1v) is 7.40. The lowest BCUT2D eigenvalue weighted by Crippen LogP contribution is -2.22. The molecular weight excluding hydrogens is 290 g/mol. The second-order valence-electron chi connectivity index (χ2n) is 5.51. The van der Waals surface area contributed by atoms with Crippen molar-refractivity contribution >= 4 is 23.2 Å². The van der Waals surface area contributed by atoms with Crippen LogP contribution in [0.5, 0.6) is 5.75 Å². The van der Waals surface area contributed by atoms with Gasteiger partial charge in [-0.1, -0.05) is 11.6 Å². The van der Waals surface area contributed by atoms with Gasteiger partial charge in [0.05, 0.1) is 12.8 Å². The second-order valence-corrected chi connectivity index (χ2v) is 5.92. The van der Waals surface area contributed by atoms with Crippen LogP contribution in [0.1, 0.15) is 24.9 Å². The van der Waals surface area contributed by atoms with Gasteiger partial charge in [-0.25, -0.2) is 0 Å². The summed E-state index contributed by atoms with van der Waals surface area (Å²) < 4.78 is 5.37. The van der Waals surface area contributed by atoms with Crippen LogP contribution in [0, 0.1) is 5.92 Å². The lowest BCUT2D eigenvalue weighted by molar-refractivity contribution is -0.114. The number of ether oxygens (including phenoxy) is 1. The van der Waals surface area contributed by atoms with Crippen LogP contribution in [0.4, 0.5) is 5.69 Å². The average Bonchev–Trinajstić information content (AvgIpc) is 2.80. The van der Waals surface area contributed by atoms with E-state index >= 15 is 0 Å². The van der Waals surface area contributed by atoms with E-state index in [2.05, 4.69) is 10.2 Å². The molecule has 116 valence electrons. The van der Waals surface area contributed by atoms with Crippen molar-refractivity contribution in [3.05, 3.63) is 22.7 Å². The quantitative estimate of drug-likeness (QED) is 0.895. The highest BCUT2D eigenvalue weighted by Gasteiger charge is 2.33. The molecule has 5 nitrogen and oxygen atoms in total. The molecule has 6 heteroatoms. The minimum Gasteiger partial charge on any atom is -0.495 e. The van der Waals surface area contributed by atoms with Crippen LogP contribution in [0.15, 0.2) is 12.1 Å². The van der Waals surface area contributed by atoms with Crippen LogP contribution in [-0.2, 0) is 4.79 Å². The largest absolute Gasteiger partial charge is 0.495 e. The Morgan fingerprint density at radius 2 is 2.29 bits per heavy atom. The minimum absolute atomic E-state index is 0.128. The molecule has 0 radical (unpaired) electrons. The second kappa shape index (κ2) is 6.64. The maximum atomic E-state index is 11.5. The first kappa shape index (κ1) is 16.1. The summed E-state index contributed by atoms with van der Waals surface area (Å²) in [4.78, 5) is 13.7. The van der Waals surface area contributed by atoms with Gasteiger partial charge in [-0.15, -0.1) is 0 Å². The predicted octanol–water partition coefficient (Wildman–Crippen LogP) is 2.26. The molecule has 2 atom stereocenters. The van der Waals surface area contributed by atoms with E-state index < -0.39 is 0 Å². The molecule has 0 aromatic heterocycles. The van der Waals surface area contributed by atoms with Gasteiger partial charge in [0.15, 0.2) is 0 Å². The van der Waals surface area contributed by atoms with Gasteiger partial charge in [-0.3, -0.25) is 9.69 Å². The Bertz CT molecular complexity index is 536. The molecule has 1 aromatic rings. The van der Waals surface area contributed by atoms with Crippen molar-refractivity contribution < 1.29 is 9.53 Å². The molecule has 2 unspecified atom stereocenters. The minimum atomic E-state index is -0.146. The number of carbonyl (C=O) groups excluding carboxylic acids is 1. The summed E-state index contributed by atoms with van der Waals surface area (Å²) >= 11 is 6.41. The first-order valence-electron chi connectivity index (χ1n) is 7.02.